The lowest BCUT2D eigenvalue weighted by Gasteiger charge is -2.55. The van der Waals surface area contributed by atoms with Crippen molar-refractivity contribution in [3.05, 3.63) is 63.1 Å². The molecule has 0 radical (unpaired) electrons. The first-order chi connectivity index (χ1) is 19.4. The van der Waals surface area contributed by atoms with Crippen molar-refractivity contribution in [3.63, 3.8) is 0 Å². The Morgan fingerprint density at radius 2 is 1.59 bits per heavy atom. The van der Waals surface area contributed by atoms with Gasteiger partial charge in [0.25, 0.3) is 0 Å². The molecule has 2 aromatic rings. The minimum Gasteiger partial charge on any atom is -0.335 e. The number of rotatable bonds is 6. The summed E-state index contributed by atoms with van der Waals surface area (Å²) in [5, 5.41) is 0.746. The van der Waals surface area contributed by atoms with Gasteiger partial charge in [-0.25, -0.2) is 8.42 Å². The summed E-state index contributed by atoms with van der Waals surface area (Å²) in [6.45, 7) is 3.76. The number of carbonyl (C=O) groups excluding carboxylic acids is 3. The first kappa shape index (κ1) is 30.1. The van der Waals surface area contributed by atoms with Crippen LogP contribution in [0.1, 0.15) is 38.7 Å². The van der Waals surface area contributed by atoms with Crippen molar-refractivity contribution in [2.75, 3.05) is 19.6 Å². The van der Waals surface area contributed by atoms with Crippen LogP contribution in [0.25, 0.3) is 0 Å². The van der Waals surface area contributed by atoms with Gasteiger partial charge in [0.1, 0.15) is 23.1 Å². The normalized spacial score (nSPS) is 24.3. The average molecular weight is 642 g/mol. The molecule has 5 rings (SSSR count). The number of halogens is 3. The predicted molar refractivity (Wildman–Crippen MR) is 156 cm³/mol. The number of benzene rings is 2. The summed E-state index contributed by atoms with van der Waals surface area (Å²) >= 11 is 18.5. The Balaban J connectivity index is 1.64. The second kappa shape index (κ2) is 11.7. The van der Waals surface area contributed by atoms with Gasteiger partial charge in [0.05, 0.1) is 11.6 Å². The first-order valence-corrected chi connectivity index (χ1v) is 16.1. The van der Waals surface area contributed by atoms with Gasteiger partial charge in [0.2, 0.25) is 27.7 Å². The maximum absolute atomic E-state index is 14.3. The molecule has 2 aromatic carbocycles. The monoisotopic (exact) mass is 640 g/mol. The van der Waals surface area contributed by atoms with Crippen molar-refractivity contribution in [3.8, 4) is 0 Å². The van der Waals surface area contributed by atoms with E-state index >= 15 is 0 Å². The van der Waals surface area contributed by atoms with Crippen LogP contribution in [0.5, 0.6) is 0 Å². The Bertz CT molecular complexity index is 1470. The van der Waals surface area contributed by atoms with Crippen molar-refractivity contribution < 1.29 is 22.8 Å². The van der Waals surface area contributed by atoms with Gasteiger partial charge >= 0.3 is 0 Å². The Morgan fingerprint density at radius 3 is 2.22 bits per heavy atom. The number of carbonyl (C=O) groups is 3. The summed E-state index contributed by atoms with van der Waals surface area (Å²) in [5.41, 5.74) is 0.760. The molecule has 3 fully saturated rings. The Kier molecular flexibility index (Phi) is 8.61. The third-order valence-corrected chi connectivity index (χ3v) is 10.8. The molecule has 0 aliphatic carbocycles. The third-order valence-electron chi connectivity index (χ3n) is 7.99. The van der Waals surface area contributed by atoms with E-state index in [4.69, 9.17) is 34.8 Å². The van der Waals surface area contributed by atoms with Crippen LogP contribution < -0.4 is 0 Å². The molecule has 13 heteroatoms. The number of sulfonamides is 1. The number of fused-ring (bicyclic) bond motifs is 1. The first-order valence-electron chi connectivity index (χ1n) is 13.5. The molecule has 0 aromatic heterocycles. The van der Waals surface area contributed by atoms with Gasteiger partial charge in [-0.1, -0.05) is 46.9 Å². The van der Waals surface area contributed by atoms with Crippen LogP contribution >= 0.6 is 34.8 Å². The molecule has 9 nitrogen and oxygen atoms in total. The predicted octanol–water partition coefficient (Wildman–Crippen LogP) is 4.05. The van der Waals surface area contributed by atoms with E-state index < -0.39 is 34.2 Å². The SMILES string of the molecule is CC(C)N1CC2N(C(=O)C(N3CCCCC3=O)CN2S(=O)(=O)c2ccc(Cl)cc2Cl)C(Cc2ccc(Cl)cc2)C1=O. The Morgan fingerprint density at radius 1 is 0.902 bits per heavy atom. The lowest BCUT2D eigenvalue weighted by Crippen LogP contribution is -2.76. The summed E-state index contributed by atoms with van der Waals surface area (Å²) in [6, 6.07) is 8.76. The molecular weight excluding hydrogens is 611 g/mol. The number of hydrogen-bond donors (Lipinski definition) is 0. The molecule has 0 spiro atoms. The van der Waals surface area contributed by atoms with E-state index in [-0.39, 0.29) is 58.7 Å². The molecule has 3 heterocycles. The zero-order valence-corrected chi connectivity index (χ0v) is 25.8. The molecule has 220 valence electrons. The highest BCUT2D eigenvalue weighted by molar-refractivity contribution is 7.89. The molecule has 3 aliphatic heterocycles. The zero-order chi connectivity index (χ0) is 29.6. The van der Waals surface area contributed by atoms with E-state index in [9.17, 15) is 22.8 Å². The number of likely N-dealkylation sites (tertiary alicyclic amines) is 1. The molecule has 0 bridgehead atoms. The fourth-order valence-corrected chi connectivity index (χ4v) is 8.35. The van der Waals surface area contributed by atoms with Gasteiger partial charge in [-0.15, -0.1) is 0 Å². The number of amides is 3. The molecule has 3 amide bonds. The number of piperidine rings is 1. The van der Waals surface area contributed by atoms with Crippen LogP contribution in [0.3, 0.4) is 0 Å². The molecule has 3 saturated heterocycles. The largest absolute Gasteiger partial charge is 0.335 e. The Labute approximate surface area is 255 Å². The van der Waals surface area contributed by atoms with Crippen LogP contribution in [0.2, 0.25) is 15.1 Å². The van der Waals surface area contributed by atoms with Crippen molar-refractivity contribution >= 4 is 62.5 Å². The van der Waals surface area contributed by atoms with Gasteiger partial charge in [-0.3, -0.25) is 14.4 Å². The average Bonchev–Trinajstić information content (AvgIpc) is 2.91. The van der Waals surface area contributed by atoms with Gasteiger partial charge < -0.3 is 14.7 Å². The zero-order valence-electron chi connectivity index (χ0n) is 22.7. The second-order valence-corrected chi connectivity index (χ2v) is 14.0. The molecule has 0 saturated carbocycles. The van der Waals surface area contributed by atoms with Gasteiger partial charge in [0, 0.05) is 42.0 Å². The highest BCUT2D eigenvalue weighted by Crippen LogP contribution is 2.36. The van der Waals surface area contributed by atoms with Crippen molar-refractivity contribution in [1.82, 2.24) is 19.0 Å². The maximum atomic E-state index is 14.3. The maximum Gasteiger partial charge on any atom is 0.248 e. The highest BCUT2D eigenvalue weighted by atomic mass is 35.5. The van der Waals surface area contributed by atoms with Crippen molar-refractivity contribution in [1.29, 1.82) is 0 Å². The molecule has 0 N–H and O–H groups in total. The van der Waals surface area contributed by atoms with Gasteiger partial charge in [-0.2, -0.15) is 4.31 Å². The molecule has 3 atom stereocenters. The summed E-state index contributed by atoms with van der Waals surface area (Å²) < 4.78 is 29.8. The van der Waals surface area contributed by atoms with E-state index in [0.717, 1.165) is 5.56 Å². The van der Waals surface area contributed by atoms with E-state index in [1.165, 1.54) is 32.3 Å². The van der Waals surface area contributed by atoms with Crippen LogP contribution in [-0.2, 0) is 30.8 Å². The lowest BCUT2D eigenvalue weighted by molar-refractivity contribution is -0.174. The van der Waals surface area contributed by atoms with Crippen LogP contribution in [0, 0.1) is 0 Å². The number of nitrogens with zero attached hydrogens (tertiary/aromatic N) is 4. The number of hydrogen-bond acceptors (Lipinski definition) is 5. The van der Waals surface area contributed by atoms with Gasteiger partial charge in [-0.05, 0) is 62.6 Å². The van der Waals surface area contributed by atoms with Gasteiger partial charge in [0.15, 0.2) is 0 Å². The minimum atomic E-state index is -4.31. The summed E-state index contributed by atoms with van der Waals surface area (Å²) in [5.74, 6) is -0.932. The summed E-state index contributed by atoms with van der Waals surface area (Å²) in [7, 11) is -4.31. The fraction of sp³-hybridized carbons (Fsp3) is 0.464. The van der Waals surface area contributed by atoms with Crippen LogP contribution in [-0.4, -0.2) is 89.1 Å². The minimum absolute atomic E-state index is 0.0234. The van der Waals surface area contributed by atoms with E-state index in [2.05, 4.69) is 0 Å². The van der Waals surface area contributed by atoms with E-state index in [1.807, 2.05) is 13.8 Å². The highest BCUT2D eigenvalue weighted by Gasteiger charge is 2.55. The summed E-state index contributed by atoms with van der Waals surface area (Å²) in [4.78, 5) is 45.5. The van der Waals surface area contributed by atoms with Crippen molar-refractivity contribution in [2.24, 2.45) is 0 Å². The number of piperazine rings is 1. The van der Waals surface area contributed by atoms with Crippen molar-refractivity contribution in [2.45, 2.75) is 68.7 Å². The second-order valence-electron chi connectivity index (χ2n) is 10.9. The fourth-order valence-electron chi connectivity index (χ4n) is 5.90. The topological polar surface area (TPSA) is 98.3 Å². The Hall–Kier alpha value is -2.37. The quantitative estimate of drug-likeness (QED) is 0.474. The van der Waals surface area contributed by atoms with E-state index in [0.29, 0.717) is 24.4 Å². The van der Waals surface area contributed by atoms with E-state index in [1.54, 1.807) is 29.2 Å². The smallest absolute Gasteiger partial charge is 0.248 e. The third kappa shape index (κ3) is 5.69. The molecule has 41 heavy (non-hydrogen) atoms. The molecule has 3 aliphatic rings. The molecular formula is C28H31Cl3N4O5S. The standard InChI is InChI=1S/C28H31Cl3N4O5S/c1-17(2)33-16-25-34(41(39,40)24-11-10-20(30)14-21(24)31)15-23(32-12-4-3-5-26(32)36)28(38)35(25)22(27(33)37)13-18-6-8-19(29)9-7-18/h6-11,14,17,22-23,25H,3-5,12-13,15-16H2,1-2H3. The summed E-state index contributed by atoms with van der Waals surface area (Å²) in [6.07, 6.45) is 0.817. The van der Waals surface area contributed by atoms with Crippen LogP contribution in [0.15, 0.2) is 47.4 Å². The molecule has 3 unspecified atom stereocenters. The van der Waals surface area contributed by atoms with Crippen LogP contribution in [0.4, 0.5) is 0 Å². The lowest BCUT2D eigenvalue weighted by atomic mass is 9.95.